The predicted octanol–water partition coefficient (Wildman–Crippen LogP) is 1.64. The van der Waals surface area contributed by atoms with Crippen LogP contribution in [0.4, 0.5) is 0 Å². The molecule has 0 radical (unpaired) electrons. The summed E-state index contributed by atoms with van der Waals surface area (Å²) in [7, 11) is 1.41. The van der Waals surface area contributed by atoms with Crippen molar-refractivity contribution in [3.8, 4) is 0 Å². The van der Waals surface area contributed by atoms with Gasteiger partial charge in [-0.1, -0.05) is 18.6 Å². The fraction of sp³-hybridized carbons (Fsp3) is 0.727. The van der Waals surface area contributed by atoms with Gasteiger partial charge in [-0.2, -0.15) is 0 Å². The summed E-state index contributed by atoms with van der Waals surface area (Å²) in [5.74, 6) is -0.189. The summed E-state index contributed by atoms with van der Waals surface area (Å²) in [6.07, 6.45) is 4.99. The van der Waals surface area contributed by atoms with Crippen LogP contribution in [0.15, 0.2) is 12.2 Å². The van der Waals surface area contributed by atoms with Crippen LogP contribution in [0, 0.1) is 0 Å². The van der Waals surface area contributed by atoms with Gasteiger partial charge in [0.15, 0.2) is 0 Å². The van der Waals surface area contributed by atoms with Gasteiger partial charge in [0.05, 0.1) is 13.5 Å². The number of rotatable bonds is 4. The Balaban J connectivity index is 2.21. The normalized spacial score (nSPS) is 21.6. The van der Waals surface area contributed by atoms with E-state index in [1.165, 1.54) is 26.4 Å². The van der Waals surface area contributed by atoms with Crippen molar-refractivity contribution in [2.75, 3.05) is 13.7 Å². The van der Waals surface area contributed by atoms with Crippen LogP contribution in [-0.4, -0.2) is 25.7 Å². The molecular weight excluding hydrogens is 178 g/mol. The smallest absolute Gasteiger partial charge is 0.309 e. The zero-order valence-electron chi connectivity index (χ0n) is 8.84. The quantitative estimate of drug-likeness (QED) is 0.550. The van der Waals surface area contributed by atoms with Gasteiger partial charge in [0.1, 0.15) is 0 Å². The first-order valence-electron chi connectivity index (χ1n) is 5.19. The molecule has 1 saturated heterocycles. The predicted molar refractivity (Wildman–Crippen MR) is 56.0 cm³/mol. The molecule has 0 amide bonds. The molecule has 1 aliphatic heterocycles. The Bertz CT molecular complexity index is 207. The van der Waals surface area contributed by atoms with Crippen LogP contribution in [0.5, 0.6) is 0 Å². The van der Waals surface area contributed by atoms with E-state index in [-0.39, 0.29) is 5.97 Å². The molecule has 3 heteroatoms. The van der Waals surface area contributed by atoms with E-state index in [1.807, 2.05) is 0 Å². The second-order valence-electron chi connectivity index (χ2n) is 3.85. The molecule has 1 atom stereocenters. The van der Waals surface area contributed by atoms with E-state index < -0.39 is 0 Å². The minimum Gasteiger partial charge on any atom is -0.469 e. The summed E-state index contributed by atoms with van der Waals surface area (Å²) in [5, 5.41) is 3.43. The van der Waals surface area contributed by atoms with Crippen LogP contribution in [0.1, 0.15) is 32.1 Å². The molecule has 1 fully saturated rings. The van der Waals surface area contributed by atoms with Crippen molar-refractivity contribution in [2.45, 2.75) is 38.1 Å². The topological polar surface area (TPSA) is 38.3 Å². The number of esters is 1. The maximum atomic E-state index is 11.0. The second kappa shape index (κ2) is 5.81. The van der Waals surface area contributed by atoms with Crippen molar-refractivity contribution in [3.05, 3.63) is 12.2 Å². The molecule has 1 aliphatic rings. The highest BCUT2D eigenvalue weighted by Gasteiger charge is 2.14. The highest BCUT2D eigenvalue weighted by molar-refractivity contribution is 5.72. The van der Waals surface area contributed by atoms with Crippen molar-refractivity contribution >= 4 is 5.97 Å². The van der Waals surface area contributed by atoms with E-state index in [0.29, 0.717) is 12.5 Å². The fourth-order valence-electron chi connectivity index (χ4n) is 1.80. The van der Waals surface area contributed by atoms with Gasteiger partial charge in [0.25, 0.3) is 0 Å². The molecule has 0 spiro atoms. The zero-order chi connectivity index (χ0) is 10.4. The molecule has 1 rings (SSSR count). The maximum Gasteiger partial charge on any atom is 0.309 e. The lowest BCUT2D eigenvalue weighted by atomic mass is 9.97. The molecule has 14 heavy (non-hydrogen) atoms. The van der Waals surface area contributed by atoms with Gasteiger partial charge in [-0.05, 0) is 25.8 Å². The minimum absolute atomic E-state index is 0.189. The first kappa shape index (κ1) is 11.2. The van der Waals surface area contributed by atoms with Gasteiger partial charge < -0.3 is 10.1 Å². The summed E-state index contributed by atoms with van der Waals surface area (Å²) in [5.41, 5.74) is 0.969. The summed E-state index contributed by atoms with van der Waals surface area (Å²) >= 11 is 0. The SMILES string of the molecule is C=C(CC(=O)OC)CC1CCCCN1. The molecule has 1 unspecified atom stereocenters. The Morgan fingerprint density at radius 2 is 2.36 bits per heavy atom. The number of carbonyl (C=O) groups is 1. The molecule has 1 heterocycles. The largest absolute Gasteiger partial charge is 0.469 e. The zero-order valence-corrected chi connectivity index (χ0v) is 8.84. The third-order valence-electron chi connectivity index (χ3n) is 2.57. The lowest BCUT2D eigenvalue weighted by Gasteiger charge is -2.23. The maximum absolute atomic E-state index is 11.0. The van der Waals surface area contributed by atoms with Gasteiger partial charge in [-0.15, -0.1) is 0 Å². The average Bonchev–Trinajstić information content (AvgIpc) is 2.19. The number of hydrogen-bond donors (Lipinski definition) is 1. The molecular formula is C11H19NO2. The van der Waals surface area contributed by atoms with Crippen molar-refractivity contribution in [1.82, 2.24) is 5.32 Å². The number of carbonyl (C=O) groups excluding carboxylic acids is 1. The third-order valence-corrected chi connectivity index (χ3v) is 2.57. The molecule has 1 N–H and O–H groups in total. The Labute approximate surface area is 85.5 Å². The standard InChI is InChI=1S/C11H19NO2/c1-9(8-11(13)14-2)7-10-5-3-4-6-12-10/h10,12H,1,3-8H2,2H3. The molecule has 0 aromatic heterocycles. The van der Waals surface area contributed by atoms with Crippen molar-refractivity contribution < 1.29 is 9.53 Å². The number of nitrogens with one attached hydrogen (secondary N) is 1. The van der Waals surface area contributed by atoms with E-state index in [9.17, 15) is 4.79 Å². The highest BCUT2D eigenvalue weighted by Crippen LogP contribution is 2.16. The lowest BCUT2D eigenvalue weighted by molar-refractivity contribution is -0.139. The van der Waals surface area contributed by atoms with E-state index in [2.05, 4.69) is 16.6 Å². The molecule has 80 valence electrons. The van der Waals surface area contributed by atoms with Crippen molar-refractivity contribution in [1.29, 1.82) is 0 Å². The summed E-state index contributed by atoms with van der Waals surface area (Å²) in [4.78, 5) is 11.0. The second-order valence-corrected chi connectivity index (χ2v) is 3.85. The van der Waals surface area contributed by atoms with Crippen LogP contribution in [0.2, 0.25) is 0 Å². The van der Waals surface area contributed by atoms with Gasteiger partial charge in [0.2, 0.25) is 0 Å². The van der Waals surface area contributed by atoms with Crippen LogP contribution in [0.3, 0.4) is 0 Å². The summed E-state index contributed by atoms with van der Waals surface area (Å²) in [6.45, 7) is 4.99. The number of methoxy groups -OCH3 is 1. The van der Waals surface area contributed by atoms with Gasteiger partial charge in [-0.3, -0.25) is 4.79 Å². The number of hydrogen-bond acceptors (Lipinski definition) is 3. The van der Waals surface area contributed by atoms with Gasteiger partial charge in [0, 0.05) is 6.04 Å². The average molecular weight is 197 g/mol. The Hall–Kier alpha value is -0.830. The molecule has 0 saturated carbocycles. The molecule has 3 nitrogen and oxygen atoms in total. The van der Waals surface area contributed by atoms with Crippen molar-refractivity contribution in [2.24, 2.45) is 0 Å². The molecule has 0 aliphatic carbocycles. The lowest BCUT2D eigenvalue weighted by Crippen LogP contribution is -2.34. The van der Waals surface area contributed by atoms with E-state index in [4.69, 9.17) is 0 Å². The minimum atomic E-state index is -0.189. The number of piperidine rings is 1. The Kier molecular flexibility index (Phi) is 4.66. The summed E-state index contributed by atoms with van der Waals surface area (Å²) in [6, 6.07) is 0.515. The van der Waals surface area contributed by atoms with Crippen molar-refractivity contribution in [3.63, 3.8) is 0 Å². The molecule has 0 aromatic carbocycles. The van der Waals surface area contributed by atoms with Crippen LogP contribution >= 0.6 is 0 Å². The van der Waals surface area contributed by atoms with E-state index in [0.717, 1.165) is 18.5 Å². The Morgan fingerprint density at radius 1 is 1.57 bits per heavy atom. The Morgan fingerprint density at radius 3 is 2.93 bits per heavy atom. The monoisotopic (exact) mass is 197 g/mol. The fourth-order valence-corrected chi connectivity index (χ4v) is 1.80. The first-order valence-corrected chi connectivity index (χ1v) is 5.19. The van der Waals surface area contributed by atoms with E-state index in [1.54, 1.807) is 0 Å². The van der Waals surface area contributed by atoms with Crippen LogP contribution in [0.25, 0.3) is 0 Å². The highest BCUT2D eigenvalue weighted by atomic mass is 16.5. The van der Waals surface area contributed by atoms with E-state index >= 15 is 0 Å². The first-order chi connectivity index (χ1) is 6.72. The van der Waals surface area contributed by atoms with Gasteiger partial charge in [-0.25, -0.2) is 0 Å². The van der Waals surface area contributed by atoms with Crippen LogP contribution < -0.4 is 5.32 Å². The number of ether oxygens (including phenoxy) is 1. The van der Waals surface area contributed by atoms with Gasteiger partial charge >= 0.3 is 5.97 Å². The third kappa shape index (κ3) is 3.92. The van der Waals surface area contributed by atoms with Crippen LogP contribution in [-0.2, 0) is 9.53 Å². The molecule has 0 aromatic rings. The molecule has 0 bridgehead atoms. The summed E-state index contributed by atoms with van der Waals surface area (Å²) < 4.78 is 4.59.